The van der Waals surface area contributed by atoms with Crippen LogP contribution in [0.25, 0.3) is 0 Å². The molecule has 0 heterocycles. The van der Waals surface area contributed by atoms with Crippen LogP contribution in [0.2, 0.25) is 0 Å². The lowest BCUT2D eigenvalue weighted by Crippen LogP contribution is -2.51. The molecule has 1 fully saturated rings. The second-order valence-electron chi connectivity index (χ2n) is 11.8. The van der Waals surface area contributed by atoms with Gasteiger partial charge in [0.2, 0.25) is 5.91 Å². The van der Waals surface area contributed by atoms with Gasteiger partial charge in [-0.25, -0.2) is 0 Å². The Kier molecular flexibility index (Phi) is 10.4. The molecule has 3 rings (SSSR count). The van der Waals surface area contributed by atoms with Gasteiger partial charge >= 0.3 is 5.97 Å². The number of rotatable bonds is 15. The Balaban J connectivity index is 1.91. The molecule has 0 bridgehead atoms. The Morgan fingerprint density at radius 3 is 2.02 bits per heavy atom. The molecule has 7 heteroatoms. The van der Waals surface area contributed by atoms with Crippen LogP contribution in [-0.2, 0) is 16.0 Å². The first-order valence-electron chi connectivity index (χ1n) is 14.4. The van der Waals surface area contributed by atoms with E-state index < -0.39 is 11.4 Å². The lowest BCUT2D eigenvalue weighted by atomic mass is 9.53. The van der Waals surface area contributed by atoms with Crippen molar-refractivity contribution in [1.82, 2.24) is 4.90 Å². The van der Waals surface area contributed by atoms with Gasteiger partial charge in [-0.1, -0.05) is 44.2 Å². The van der Waals surface area contributed by atoms with Crippen molar-refractivity contribution in [1.29, 1.82) is 0 Å². The molecule has 0 aliphatic heterocycles. The lowest BCUT2D eigenvalue weighted by Gasteiger charge is -2.50. The Bertz CT molecular complexity index is 1150. The first kappa shape index (κ1) is 31.2. The lowest BCUT2D eigenvalue weighted by molar-refractivity contribution is -0.169. The highest BCUT2D eigenvalue weighted by molar-refractivity contribution is 5.99. The summed E-state index contributed by atoms with van der Waals surface area (Å²) in [7, 11) is 0. The van der Waals surface area contributed by atoms with Crippen LogP contribution < -0.4 is 9.47 Å². The molecule has 2 aromatic rings. The molecule has 0 aromatic heterocycles. The molecule has 0 radical (unpaired) electrons. The summed E-state index contributed by atoms with van der Waals surface area (Å²) in [5, 5.41) is 10.1. The number of nitrogens with zero attached hydrogens (tertiary/aromatic N) is 1. The van der Waals surface area contributed by atoms with E-state index in [4.69, 9.17) is 9.47 Å². The number of amides is 1. The number of carboxylic acids is 1. The van der Waals surface area contributed by atoms with E-state index in [-0.39, 0.29) is 29.6 Å². The largest absolute Gasteiger partial charge is 0.493 e. The zero-order valence-electron chi connectivity index (χ0n) is 24.9. The fourth-order valence-electron chi connectivity index (χ4n) is 6.23. The van der Waals surface area contributed by atoms with Gasteiger partial charge in [0, 0.05) is 13.0 Å². The number of aliphatic carboxylic acids is 1. The summed E-state index contributed by atoms with van der Waals surface area (Å²) >= 11 is 0. The number of unbranched alkanes of at least 4 members (excludes halogenated alkanes) is 1. The number of aryl methyl sites for hydroxylation is 1. The van der Waals surface area contributed by atoms with Crippen LogP contribution in [0.3, 0.4) is 0 Å². The zero-order valence-corrected chi connectivity index (χ0v) is 24.9. The van der Waals surface area contributed by atoms with Crippen molar-refractivity contribution in [3.63, 3.8) is 0 Å². The predicted octanol–water partition coefficient (Wildman–Crippen LogP) is 6.88. The Morgan fingerprint density at radius 2 is 1.55 bits per heavy atom. The minimum absolute atomic E-state index is 0.0308. The van der Waals surface area contributed by atoms with Gasteiger partial charge < -0.3 is 19.5 Å². The summed E-state index contributed by atoms with van der Waals surface area (Å²) in [5.74, 6) is -0.364. The first-order valence-corrected chi connectivity index (χ1v) is 14.4. The van der Waals surface area contributed by atoms with E-state index in [1.807, 2.05) is 65.0 Å². The molecule has 218 valence electrons. The van der Waals surface area contributed by atoms with Gasteiger partial charge in [0.05, 0.1) is 24.7 Å². The molecular formula is C33H45NO6. The number of hydrogen-bond acceptors (Lipinski definition) is 5. The quantitative estimate of drug-likeness (QED) is 0.192. The van der Waals surface area contributed by atoms with E-state index in [1.165, 1.54) is 12.5 Å². The number of hydrogen-bond donors (Lipinski definition) is 1. The average Bonchev–Trinajstić information content (AvgIpc) is 2.87. The number of carboxylic acid groups (broad SMARTS) is 1. The maximum Gasteiger partial charge on any atom is 0.310 e. The van der Waals surface area contributed by atoms with Gasteiger partial charge in [-0.2, -0.15) is 0 Å². The van der Waals surface area contributed by atoms with Crippen molar-refractivity contribution in [2.45, 2.75) is 86.1 Å². The molecule has 7 nitrogen and oxygen atoms in total. The van der Waals surface area contributed by atoms with Crippen LogP contribution in [-0.4, -0.2) is 47.4 Å². The SMILES string of the molecule is CCOc1cc(C(C)N(CCCCc2ccccc2)C(=O)CC2(C(=O)O)CC(C)(C)C2)cc(OCC)c1C(C)=O. The van der Waals surface area contributed by atoms with Crippen molar-refractivity contribution in [2.24, 2.45) is 10.8 Å². The summed E-state index contributed by atoms with van der Waals surface area (Å²) in [4.78, 5) is 40.5. The Hall–Kier alpha value is -3.35. The monoisotopic (exact) mass is 551 g/mol. The highest BCUT2D eigenvalue weighted by Crippen LogP contribution is 2.56. The molecule has 1 atom stereocenters. The number of carbonyl (C=O) groups excluding carboxylic acids is 2. The van der Waals surface area contributed by atoms with Crippen LogP contribution in [0.1, 0.15) is 101 Å². The molecule has 1 amide bonds. The standard InChI is InChI=1S/C33H45NO6/c1-7-39-27-18-26(19-28(40-8-2)30(27)24(4)35)23(3)34(17-13-12-16-25-14-10-9-11-15-25)29(36)20-33(31(37)38)21-32(5,6)22-33/h9-11,14-15,18-19,23H,7-8,12-13,16-17,20-22H2,1-6H3,(H,37,38). The number of Topliss-reactive ketones (excluding diaryl/α,β-unsaturated/α-hetero) is 1. The summed E-state index contributed by atoms with van der Waals surface area (Å²) in [6.45, 7) is 12.5. The summed E-state index contributed by atoms with van der Waals surface area (Å²) in [6, 6.07) is 13.5. The summed E-state index contributed by atoms with van der Waals surface area (Å²) < 4.78 is 11.7. The van der Waals surface area contributed by atoms with E-state index in [2.05, 4.69) is 12.1 Å². The fourth-order valence-corrected chi connectivity index (χ4v) is 6.23. The van der Waals surface area contributed by atoms with Gasteiger partial charge in [0.1, 0.15) is 17.1 Å². The van der Waals surface area contributed by atoms with Gasteiger partial charge in [-0.3, -0.25) is 14.4 Å². The normalized spacial score (nSPS) is 15.9. The van der Waals surface area contributed by atoms with Gasteiger partial charge in [0.15, 0.2) is 5.78 Å². The van der Waals surface area contributed by atoms with E-state index in [1.54, 1.807) is 4.90 Å². The molecule has 2 aromatic carbocycles. The second-order valence-corrected chi connectivity index (χ2v) is 11.8. The summed E-state index contributed by atoms with van der Waals surface area (Å²) in [6.07, 6.45) is 3.51. The third kappa shape index (κ3) is 7.43. The minimum atomic E-state index is -1.03. The van der Waals surface area contributed by atoms with Gasteiger partial charge in [-0.05, 0) is 88.5 Å². The van der Waals surface area contributed by atoms with Crippen LogP contribution in [0.4, 0.5) is 0 Å². The average molecular weight is 552 g/mol. The van der Waals surface area contributed by atoms with E-state index in [0.29, 0.717) is 49.7 Å². The molecule has 1 aliphatic carbocycles. The van der Waals surface area contributed by atoms with Crippen LogP contribution in [0.5, 0.6) is 11.5 Å². The highest BCUT2D eigenvalue weighted by atomic mass is 16.5. The van der Waals surface area contributed by atoms with Crippen molar-refractivity contribution in [3.05, 3.63) is 59.2 Å². The third-order valence-corrected chi connectivity index (χ3v) is 7.84. The number of ketones is 1. The topological polar surface area (TPSA) is 93.1 Å². The predicted molar refractivity (Wildman–Crippen MR) is 156 cm³/mol. The van der Waals surface area contributed by atoms with E-state index in [0.717, 1.165) is 24.8 Å². The molecular weight excluding hydrogens is 506 g/mol. The number of ether oxygens (including phenoxy) is 2. The van der Waals surface area contributed by atoms with E-state index >= 15 is 0 Å². The smallest absolute Gasteiger partial charge is 0.310 e. The maximum absolute atomic E-state index is 13.9. The molecule has 1 aliphatic rings. The highest BCUT2D eigenvalue weighted by Gasteiger charge is 2.56. The van der Waals surface area contributed by atoms with Crippen molar-refractivity contribution < 1.29 is 29.0 Å². The molecule has 1 unspecified atom stereocenters. The third-order valence-electron chi connectivity index (χ3n) is 7.84. The molecule has 0 spiro atoms. The van der Waals surface area contributed by atoms with E-state index in [9.17, 15) is 19.5 Å². The van der Waals surface area contributed by atoms with Crippen LogP contribution in [0.15, 0.2) is 42.5 Å². The molecule has 40 heavy (non-hydrogen) atoms. The van der Waals surface area contributed by atoms with Crippen molar-refractivity contribution in [2.75, 3.05) is 19.8 Å². The van der Waals surface area contributed by atoms with Gasteiger partial charge in [-0.15, -0.1) is 0 Å². The fraction of sp³-hybridized carbons (Fsp3) is 0.545. The first-order chi connectivity index (χ1) is 18.9. The molecule has 1 N–H and O–H groups in total. The van der Waals surface area contributed by atoms with Crippen LogP contribution >= 0.6 is 0 Å². The van der Waals surface area contributed by atoms with Gasteiger partial charge in [0.25, 0.3) is 0 Å². The van der Waals surface area contributed by atoms with Crippen molar-refractivity contribution >= 4 is 17.7 Å². The zero-order chi connectivity index (χ0) is 29.5. The second kappa shape index (κ2) is 13.3. The van der Waals surface area contributed by atoms with Crippen LogP contribution in [0, 0.1) is 10.8 Å². The number of benzene rings is 2. The number of carbonyl (C=O) groups is 3. The minimum Gasteiger partial charge on any atom is -0.493 e. The Morgan fingerprint density at radius 1 is 0.975 bits per heavy atom. The van der Waals surface area contributed by atoms with Crippen molar-refractivity contribution in [3.8, 4) is 11.5 Å². The Labute approximate surface area is 238 Å². The maximum atomic E-state index is 13.9. The molecule has 1 saturated carbocycles. The summed E-state index contributed by atoms with van der Waals surface area (Å²) in [5.41, 5.74) is 1.30. The molecule has 0 saturated heterocycles.